The molecule has 0 radical (unpaired) electrons. The van der Waals surface area contributed by atoms with E-state index in [0.717, 1.165) is 24.8 Å². The van der Waals surface area contributed by atoms with Crippen LogP contribution in [0.4, 0.5) is 0 Å². The normalized spacial score (nSPS) is 22.6. The lowest BCUT2D eigenvalue weighted by atomic mass is 9.79. The van der Waals surface area contributed by atoms with Crippen molar-refractivity contribution in [3.63, 3.8) is 0 Å². The lowest BCUT2D eigenvalue weighted by molar-refractivity contribution is -0.134. The van der Waals surface area contributed by atoms with E-state index >= 15 is 0 Å². The summed E-state index contributed by atoms with van der Waals surface area (Å²) in [6.07, 6.45) is 6.74. The summed E-state index contributed by atoms with van der Waals surface area (Å²) in [5.74, 6) is 0.238. The van der Waals surface area contributed by atoms with Gasteiger partial charge in [-0.1, -0.05) is 37.5 Å². The second-order valence-corrected chi connectivity index (χ2v) is 7.23. The third-order valence-electron chi connectivity index (χ3n) is 5.81. The summed E-state index contributed by atoms with van der Waals surface area (Å²) in [5.41, 5.74) is 0.720. The van der Waals surface area contributed by atoms with E-state index in [1.54, 1.807) is 6.92 Å². The van der Waals surface area contributed by atoms with Gasteiger partial charge in [0.25, 0.3) is 5.91 Å². The van der Waals surface area contributed by atoms with Gasteiger partial charge in [-0.05, 0) is 38.3 Å². The number of hydrogen-bond donors (Lipinski definition) is 0. The first-order valence-corrected chi connectivity index (χ1v) is 9.21. The standard InChI is InChI=1S/C20H28N2O2/c1-3-21(19(24)17-10-6-4-7-11-17)18-14-20(12-8-5-9-13-20)22(15-18)16(2)23/h4,6-7,10-11,18H,3,5,8-9,12-15H2,1-2H3/t18-/m1/s1. The van der Waals surface area contributed by atoms with Crippen LogP contribution in [0.5, 0.6) is 0 Å². The number of carbonyl (C=O) groups is 2. The maximum atomic E-state index is 12.9. The molecule has 0 bridgehead atoms. The number of likely N-dealkylation sites (N-methyl/N-ethyl adjacent to an activating group) is 1. The van der Waals surface area contributed by atoms with Crippen molar-refractivity contribution in [1.82, 2.24) is 9.80 Å². The highest BCUT2D eigenvalue weighted by atomic mass is 16.2. The molecule has 1 atom stereocenters. The number of rotatable bonds is 3. The third-order valence-corrected chi connectivity index (χ3v) is 5.81. The summed E-state index contributed by atoms with van der Waals surface area (Å²) >= 11 is 0. The van der Waals surface area contributed by atoms with Crippen molar-refractivity contribution in [2.45, 2.75) is 64.0 Å². The van der Waals surface area contributed by atoms with E-state index in [-0.39, 0.29) is 23.4 Å². The van der Waals surface area contributed by atoms with Gasteiger partial charge in [-0.3, -0.25) is 9.59 Å². The lowest BCUT2D eigenvalue weighted by Crippen LogP contribution is -2.47. The fraction of sp³-hybridized carbons (Fsp3) is 0.600. The Morgan fingerprint density at radius 3 is 2.42 bits per heavy atom. The van der Waals surface area contributed by atoms with Crippen LogP contribution in [-0.2, 0) is 4.79 Å². The summed E-state index contributed by atoms with van der Waals surface area (Å²) in [7, 11) is 0. The Hall–Kier alpha value is -1.84. The number of hydrogen-bond acceptors (Lipinski definition) is 2. The maximum absolute atomic E-state index is 12.9. The van der Waals surface area contributed by atoms with Gasteiger partial charge >= 0.3 is 0 Å². The van der Waals surface area contributed by atoms with E-state index in [1.807, 2.05) is 42.2 Å². The molecule has 130 valence electrons. The van der Waals surface area contributed by atoms with Crippen molar-refractivity contribution in [3.05, 3.63) is 35.9 Å². The highest BCUT2D eigenvalue weighted by molar-refractivity contribution is 5.94. The maximum Gasteiger partial charge on any atom is 0.254 e. The van der Waals surface area contributed by atoms with Crippen molar-refractivity contribution in [2.75, 3.05) is 13.1 Å². The van der Waals surface area contributed by atoms with Crippen LogP contribution in [0, 0.1) is 0 Å². The summed E-state index contributed by atoms with van der Waals surface area (Å²) < 4.78 is 0. The van der Waals surface area contributed by atoms with Crippen LogP contribution in [-0.4, -0.2) is 46.3 Å². The number of carbonyl (C=O) groups excluding carboxylic acids is 2. The van der Waals surface area contributed by atoms with Gasteiger partial charge in [0.15, 0.2) is 0 Å². The minimum Gasteiger partial charge on any atom is -0.335 e. The van der Waals surface area contributed by atoms with Crippen LogP contribution < -0.4 is 0 Å². The summed E-state index contributed by atoms with van der Waals surface area (Å²) in [4.78, 5) is 29.2. The van der Waals surface area contributed by atoms with Crippen LogP contribution in [0.2, 0.25) is 0 Å². The number of likely N-dealkylation sites (tertiary alicyclic amines) is 1. The molecule has 0 N–H and O–H groups in total. The molecule has 1 aliphatic heterocycles. The first-order chi connectivity index (χ1) is 11.6. The minimum atomic E-state index is -0.0147. The molecule has 2 aliphatic rings. The van der Waals surface area contributed by atoms with Gasteiger partial charge in [0.05, 0.1) is 6.04 Å². The molecule has 1 heterocycles. The largest absolute Gasteiger partial charge is 0.335 e. The van der Waals surface area contributed by atoms with Gasteiger partial charge < -0.3 is 9.80 Å². The van der Waals surface area contributed by atoms with E-state index < -0.39 is 0 Å². The zero-order chi connectivity index (χ0) is 17.2. The molecule has 3 rings (SSSR count). The molecule has 0 unspecified atom stereocenters. The molecule has 0 aromatic heterocycles. The van der Waals surface area contributed by atoms with Crippen molar-refractivity contribution < 1.29 is 9.59 Å². The Labute approximate surface area is 144 Å². The fourth-order valence-corrected chi connectivity index (χ4v) is 4.69. The van der Waals surface area contributed by atoms with Gasteiger partial charge in [0.1, 0.15) is 0 Å². The Bertz CT molecular complexity index is 593. The van der Waals surface area contributed by atoms with E-state index in [9.17, 15) is 9.59 Å². The van der Waals surface area contributed by atoms with Crippen molar-refractivity contribution in [1.29, 1.82) is 0 Å². The summed E-state index contributed by atoms with van der Waals surface area (Å²) in [6, 6.07) is 9.61. The Balaban J connectivity index is 1.83. The predicted molar refractivity (Wildman–Crippen MR) is 94.8 cm³/mol. The monoisotopic (exact) mass is 328 g/mol. The minimum absolute atomic E-state index is 0.0147. The molecule has 4 heteroatoms. The van der Waals surface area contributed by atoms with Gasteiger partial charge in [0, 0.05) is 31.1 Å². The quantitative estimate of drug-likeness (QED) is 0.852. The Morgan fingerprint density at radius 1 is 1.17 bits per heavy atom. The third kappa shape index (κ3) is 3.06. The summed E-state index contributed by atoms with van der Waals surface area (Å²) in [6.45, 7) is 5.07. The number of amides is 2. The molecule has 2 fully saturated rings. The molecule has 1 spiro atoms. The topological polar surface area (TPSA) is 40.6 Å². The van der Waals surface area contributed by atoms with Gasteiger partial charge in [-0.25, -0.2) is 0 Å². The highest BCUT2D eigenvalue weighted by Crippen LogP contribution is 2.43. The summed E-state index contributed by atoms with van der Waals surface area (Å²) in [5, 5.41) is 0. The predicted octanol–water partition coefficient (Wildman–Crippen LogP) is 3.47. The molecule has 4 nitrogen and oxygen atoms in total. The highest BCUT2D eigenvalue weighted by Gasteiger charge is 2.49. The second-order valence-electron chi connectivity index (χ2n) is 7.23. The molecular formula is C20H28N2O2. The SMILES string of the molecule is CCN(C(=O)c1ccccc1)[C@H]1CN(C(C)=O)C2(CCCCC2)C1. The molecule has 1 aromatic rings. The Kier molecular flexibility index (Phi) is 4.93. The van der Waals surface area contributed by atoms with E-state index in [0.29, 0.717) is 13.1 Å². The lowest BCUT2D eigenvalue weighted by Gasteiger charge is -2.41. The van der Waals surface area contributed by atoms with E-state index in [4.69, 9.17) is 0 Å². The first kappa shape index (κ1) is 17.0. The molecule has 24 heavy (non-hydrogen) atoms. The molecule has 2 amide bonds. The molecule has 1 saturated carbocycles. The average Bonchev–Trinajstić information content (AvgIpc) is 2.95. The van der Waals surface area contributed by atoms with Crippen LogP contribution in [0.3, 0.4) is 0 Å². The fourth-order valence-electron chi connectivity index (χ4n) is 4.69. The smallest absolute Gasteiger partial charge is 0.254 e. The number of nitrogens with zero attached hydrogens (tertiary/aromatic N) is 2. The van der Waals surface area contributed by atoms with Crippen LogP contribution in [0.15, 0.2) is 30.3 Å². The molecule has 1 aliphatic carbocycles. The van der Waals surface area contributed by atoms with Gasteiger partial charge in [-0.15, -0.1) is 0 Å². The zero-order valence-electron chi connectivity index (χ0n) is 14.8. The van der Waals surface area contributed by atoms with Crippen LogP contribution in [0.25, 0.3) is 0 Å². The number of benzene rings is 1. The zero-order valence-corrected chi connectivity index (χ0v) is 14.8. The van der Waals surface area contributed by atoms with Gasteiger partial charge in [-0.2, -0.15) is 0 Å². The molecular weight excluding hydrogens is 300 g/mol. The van der Waals surface area contributed by atoms with Gasteiger partial charge in [0.2, 0.25) is 5.91 Å². The van der Waals surface area contributed by atoms with Crippen LogP contribution in [0.1, 0.15) is 62.7 Å². The average molecular weight is 328 g/mol. The van der Waals surface area contributed by atoms with Crippen molar-refractivity contribution in [3.8, 4) is 0 Å². The Morgan fingerprint density at radius 2 is 1.83 bits per heavy atom. The van der Waals surface area contributed by atoms with E-state index in [1.165, 1.54) is 19.3 Å². The van der Waals surface area contributed by atoms with Crippen LogP contribution >= 0.6 is 0 Å². The second kappa shape index (κ2) is 6.96. The van der Waals surface area contributed by atoms with Crippen molar-refractivity contribution in [2.24, 2.45) is 0 Å². The molecule has 1 saturated heterocycles. The first-order valence-electron chi connectivity index (χ1n) is 9.21. The van der Waals surface area contributed by atoms with Crippen molar-refractivity contribution >= 4 is 11.8 Å². The molecule has 1 aromatic carbocycles. The van der Waals surface area contributed by atoms with E-state index in [2.05, 4.69) is 4.90 Å².